The van der Waals surface area contributed by atoms with Crippen molar-refractivity contribution in [3.8, 4) is 11.5 Å². The van der Waals surface area contributed by atoms with Crippen LogP contribution in [0.2, 0.25) is 0 Å². The third kappa shape index (κ3) is 2.40. The SMILES string of the molecule is CC(CO)c1c(F)c(Br)cc2c1OCCCO2. The molecule has 17 heavy (non-hydrogen) atoms. The molecule has 1 aromatic rings. The topological polar surface area (TPSA) is 38.7 Å². The monoisotopic (exact) mass is 304 g/mol. The van der Waals surface area contributed by atoms with E-state index in [4.69, 9.17) is 9.47 Å². The minimum absolute atomic E-state index is 0.136. The van der Waals surface area contributed by atoms with Gasteiger partial charge in [0.25, 0.3) is 0 Å². The van der Waals surface area contributed by atoms with Gasteiger partial charge in [0.05, 0.1) is 17.7 Å². The molecule has 0 fully saturated rings. The number of hydrogen-bond donors (Lipinski definition) is 1. The van der Waals surface area contributed by atoms with Gasteiger partial charge in [0.15, 0.2) is 11.5 Å². The van der Waals surface area contributed by atoms with E-state index in [9.17, 15) is 9.50 Å². The highest BCUT2D eigenvalue weighted by Crippen LogP contribution is 2.42. The van der Waals surface area contributed by atoms with Crippen LogP contribution in [-0.2, 0) is 0 Å². The number of aliphatic hydroxyl groups is 1. The minimum atomic E-state index is -0.393. The third-order valence-corrected chi connectivity index (χ3v) is 3.31. The Hall–Kier alpha value is -0.810. The zero-order chi connectivity index (χ0) is 12.4. The van der Waals surface area contributed by atoms with Gasteiger partial charge in [-0.05, 0) is 15.9 Å². The van der Waals surface area contributed by atoms with E-state index < -0.39 is 5.82 Å². The number of hydrogen-bond acceptors (Lipinski definition) is 3. The predicted molar refractivity (Wildman–Crippen MR) is 65.2 cm³/mol. The molecule has 1 aliphatic heterocycles. The Kier molecular flexibility index (Phi) is 3.89. The molecule has 0 aromatic heterocycles. The molecule has 0 saturated carbocycles. The van der Waals surface area contributed by atoms with Gasteiger partial charge >= 0.3 is 0 Å². The molecule has 3 nitrogen and oxygen atoms in total. The Balaban J connectivity index is 2.57. The second-order valence-corrected chi connectivity index (χ2v) is 4.90. The van der Waals surface area contributed by atoms with Crippen molar-refractivity contribution in [2.45, 2.75) is 19.3 Å². The molecule has 0 bridgehead atoms. The van der Waals surface area contributed by atoms with Gasteiger partial charge in [-0.3, -0.25) is 0 Å². The summed E-state index contributed by atoms with van der Waals surface area (Å²) in [6.07, 6.45) is 0.765. The van der Waals surface area contributed by atoms with Crippen molar-refractivity contribution in [3.05, 3.63) is 21.9 Å². The average Bonchev–Trinajstić information content (AvgIpc) is 2.55. The zero-order valence-electron chi connectivity index (χ0n) is 9.50. The van der Waals surface area contributed by atoms with Crippen LogP contribution in [0.15, 0.2) is 10.5 Å². The van der Waals surface area contributed by atoms with Crippen molar-refractivity contribution in [2.75, 3.05) is 19.8 Å². The molecular formula is C12H14BrFO3. The van der Waals surface area contributed by atoms with Crippen LogP contribution in [-0.4, -0.2) is 24.9 Å². The highest BCUT2D eigenvalue weighted by Gasteiger charge is 2.24. The van der Waals surface area contributed by atoms with Crippen molar-refractivity contribution in [2.24, 2.45) is 0 Å². The molecular weight excluding hydrogens is 291 g/mol. The van der Waals surface area contributed by atoms with E-state index in [-0.39, 0.29) is 12.5 Å². The molecule has 2 rings (SSSR count). The maximum Gasteiger partial charge on any atom is 0.167 e. The van der Waals surface area contributed by atoms with Crippen LogP contribution in [0.25, 0.3) is 0 Å². The van der Waals surface area contributed by atoms with Crippen LogP contribution >= 0.6 is 15.9 Å². The fourth-order valence-electron chi connectivity index (χ4n) is 1.81. The largest absolute Gasteiger partial charge is 0.490 e. The summed E-state index contributed by atoms with van der Waals surface area (Å²) in [5.74, 6) is 0.231. The van der Waals surface area contributed by atoms with E-state index in [1.165, 1.54) is 0 Å². The number of fused-ring (bicyclic) bond motifs is 1. The smallest absolute Gasteiger partial charge is 0.167 e. The second-order valence-electron chi connectivity index (χ2n) is 4.05. The van der Waals surface area contributed by atoms with Gasteiger partial charge in [0.1, 0.15) is 5.82 Å². The molecule has 1 N–H and O–H groups in total. The Morgan fingerprint density at radius 3 is 2.88 bits per heavy atom. The van der Waals surface area contributed by atoms with Crippen molar-refractivity contribution in [1.29, 1.82) is 0 Å². The van der Waals surface area contributed by atoms with Crippen molar-refractivity contribution in [3.63, 3.8) is 0 Å². The number of halogens is 2. The summed E-state index contributed by atoms with van der Waals surface area (Å²) < 4.78 is 25.5. The molecule has 94 valence electrons. The van der Waals surface area contributed by atoms with E-state index in [0.29, 0.717) is 34.7 Å². The van der Waals surface area contributed by atoms with Gasteiger partial charge in [0.2, 0.25) is 0 Å². The lowest BCUT2D eigenvalue weighted by atomic mass is 10.00. The number of aliphatic hydroxyl groups excluding tert-OH is 1. The van der Waals surface area contributed by atoms with E-state index in [1.54, 1.807) is 13.0 Å². The number of ether oxygens (including phenoxy) is 2. The van der Waals surface area contributed by atoms with Crippen LogP contribution in [0.3, 0.4) is 0 Å². The lowest BCUT2D eigenvalue weighted by molar-refractivity contribution is 0.261. The lowest BCUT2D eigenvalue weighted by Crippen LogP contribution is -2.07. The molecule has 0 radical (unpaired) electrons. The van der Waals surface area contributed by atoms with Gasteiger partial charge < -0.3 is 14.6 Å². The average molecular weight is 305 g/mol. The van der Waals surface area contributed by atoms with E-state index in [1.807, 2.05) is 0 Å². The van der Waals surface area contributed by atoms with Crippen molar-refractivity contribution < 1.29 is 19.0 Å². The van der Waals surface area contributed by atoms with Gasteiger partial charge in [-0.2, -0.15) is 0 Å². The molecule has 0 amide bonds. The minimum Gasteiger partial charge on any atom is -0.490 e. The van der Waals surface area contributed by atoms with Gasteiger partial charge in [-0.1, -0.05) is 6.92 Å². The summed E-state index contributed by atoms with van der Waals surface area (Å²) >= 11 is 3.16. The van der Waals surface area contributed by atoms with Crippen LogP contribution in [0.4, 0.5) is 4.39 Å². The van der Waals surface area contributed by atoms with Gasteiger partial charge in [-0.25, -0.2) is 4.39 Å². The maximum absolute atomic E-state index is 14.1. The molecule has 1 heterocycles. The first-order chi connectivity index (χ1) is 8.15. The van der Waals surface area contributed by atoms with Gasteiger partial charge in [0, 0.05) is 30.6 Å². The number of benzene rings is 1. The third-order valence-electron chi connectivity index (χ3n) is 2.73. The summed E-state index contributed by atoms with van der Waals surface area (Å²) in [4.78, 5) is 0. The second kappa shape index (κ2) is 5.23. The predicted octanol–water partition coefficient (Wildman–Crippen LogP) is 2.85. The van der Waals surface area contributed by atoms with Crippen molar-refractivity contribution in [1.82, 2.24) is 0 Å². The molecule has 1 aliphatic rings. The fraction of sp³-hybridized carbons (Fsp3) is 0.500. The molecule has 0 aliphatic carbocycles. The molecule has 1 unspecified atom stereocenters. The highest BCUT2D eigenvalue weighted by atomic mass is 79.9. The standard InChI is InChI=1S/C12H14BrFO3/c1-7(6-15)10-11(14)8(13)5-9-12(10)17-4-2-3-16-9/h5,7,15H,2-4,6H2,1H3. The molecule has 1 aromatic carbocycles. The molecule has 0 spiro atoms. The molecule has 0 saturated heterocycles. The first-order valence-corrected chi connectivity index (χ1v) is 6.32. The number of rotatable bonds is 2. The zero-order valence-corrected chi connectivity index (χ0v) is 11.1. The normalized spacial score (nSPS) is 16.5. The van der Waals surface area contributed by atoms with Crippen LogP contribution in [0, 0.1) is 5.82 Å². The summed E-state index contributed by atoms with van der Waals surface area (Å²) in [5, 5.41) is 9.20. The summed E-state index contributed by atoms with van der Waals surface area (Å²) in [7, 11) is 0. The van der Waals surface area contributed by atoms with E-state index >= 15 is 0 Å². The van der Waals surface area contributed by atoms with Gasteiger partial charge in [-0.15, -0.1) is 0 Å². The van der Waals surface area contributed by atoms with Crippen LogP contribution in [0.5, 0.6) is 11.5 Å². The van der Waals surface area contributed by atoms with Crippen molar-refractivity contribution >= 4 is 15.9 Å². The Morgan fingerprint density at radius 1 is 1.47 bits per heavy atom. The van der Waals surface area contributed by atoms with Crippen LogP contribution in [0.1, 0.15) is 24.8 Å². The summed E-state index contributed by atoms with van der Waals surface area (Å²) in [6, 6.07) is 1.57. The Morgan fingerprint density at radius 2 is 2.18 bits per heavy atom. The Bertz CT molecular complexity index is 423. The van der Waals surface area contributed by atoms with Crippen LogP contribution < -0.4 is 9.47 Å². The highest BCUT2D eigenvalue weighted by molar-refractivity contribution is 9.10. The lowest BCUT2D eigenvalue weighted by Gasteiger charge is -2.18. The first-order valence-electron chi connectivity index (χ1n) is 5.53. The fourth-order valence-corrected chi connectivity index (χ4v) is 2.23. The van der Waals surface area contributed by atoms with E-state index in [0.717, 1.165) is 6.42 Å². The Labute approximate surface area is 108 Å². The summed E-state index contributed by atoms with van der Waals surface area (Å²) in [6.45, 7) is 2.67. The molecule has 5 heteroatoms. The molecule has 1 atom stereocenters. The maximum atomic E-state index is 14.1. The summed E-state index contributed by atoms with van der Waals surface area (Å²) in [5.41, 5.74) is 0.374. The van der Waals surface area contributed by atoms with E-state index in [2.05, 4.69) is 15.9 Å². The quantitative estimate of drug-likeness (QED) is 0.913. The first kappa shape index (κ1) is 12.6.